The van der Waals surface area contributed by atoms with Crippen molar-refractivity contribution < 1.29 is 19.1 Å². The fourth-order valence-electron chi connectivity index (χ4n) is 6.86. The van der Waals surface area contributed by atoms with Crippen LogP contribution in [-0.4, -0.2) is 82.6 Å². The molecule has 3 saturated heterocycles. The zero-order chi connectivity index (χ0) is 34.1. The predicted molar refractivity (Wildman–Crippen MR) is 185 cm³/mol. The number of carbonyl (C=O) groups excluding carboxylic acids is 2. The minimum Gasteiger partial charge on any atom is -0.480 e. The molecule has 4 aromatic rings. The van der Waals surface area contributed by atoms with E-state index in [-0.39, 0.29) is 23.9 Å². The molecule has 12 nitrogen and oxygen atoms in total. The summed E-state index contributed by atoms with van der Waals surface area (Å²) in [6, 6.07) is 11.7. The van der Waals surface area contributed by atoms with Crippen LogP contribution in [-0.2, 0) is 22.7 Å². The maximum Gasteiger partial charge on any atom is 0.237 e. The van der Waals surface area contributed by atoms with Crippen LogP contribution in [0.15, 0.2) is 48.8 Å². The molecule has 0 radical (unpaired) electrons. The highest BCUT2D eigenvalue weighted by Gasteiger charge is 2.40. The van der Waals surface area contributed by atoms with Gasteiger partial charge in [-0.25, -0.2) is 9.97 Å². The number of halogens is 2. The molecule has 3 aliphatic rings. The van der Waals surface area contributed by atoms with Gasteiger partial charge in [0.1, 0.15) is 11.4 Å². The zero-order valence-corrected chi connectivity index (χ0v) is 28.6. The van der Waals surface area contributed by atoms with Crippen LogP contribution in [0.1, 0.15) is 30.7 Å². The molecule has 3 fully saturated rings. The molecule has 49 heavy (non-hydrogen) atoms. The first kappa shape index (κ1) is 33.2. The molecule has 2 aromatic heterocycles. The maximum absolute atomic E-state index is 11.7. The first-order chi connectivity index (χ1) is 23.8. The van der Waals surface area contributed by atoms with Gasteiger partial charge in [-0.15, -0.1) is 0 Å². The molecule has 5 heterocycles. The quantitative estimate of drug-likeness (QED) is 0.207. The third-order valence-corrected chi connectivity index (χ3v) is 10.1. The Bertz CT molecular complexity index is 1890. The van der Waals surface area contributed by atoms with Crippen LogP contribution < -0.4 is 25.4 Å². The molecule has 3 aliphatic heterocycles. The average Bonchev–Trinajstić information content (AvgIpc) is 3.79. The van der Waals surface area contributed by atoms with E-state index in [0.29, 0.717) is 88.4 Å². The topological polar surface area (TPSA) is 143 Å². The second kappa shape index (κ2) is 14.2. The largest absolute Gasteiger partial charge is 0.480 e. The molecule has 7 rings (SSSR count). The number of carbonyl (C=O) groups is 2. The Kier molecular flexibility index (Phi) is 9.64. The number of likely N-dealkylation sites (tertiary alicyclic amines) is 1. The van der Waals surface area contributed by atoms with Gasteiger partial charge in [0.15, 0.2) is 0 Å². The third-order valence-electron chi connectivity index (χ3n) is 9.30. The summed E-state index contributed by atoms with van der Waals surface area (Å²) >= 11 is 14.1. The Hall–Kier alpha value is -4.36. The molecule has 0 aliphatic carbocycles. The number of rotatable bonds is 11. The SMILES string of the molecule is COc1nc(-c2cccc(-c3cccc(-c4cnc(CN5CC6CC(=O)NC6C5)c(OC)n4)c3Cl)c2Cl)cnc1CNCC1CCC(=O)N1. The van der Waals surface area contributed by atoms with Crippen molar-refractivity contribution in [1.29, 1.82) is 0 Å². The number of hydrogen-bond acceptors (Lipinski definition) is 10. The summed E-state index contributed by atoms with van der Waals surface area (Å²) in [7, 11) is 3.14. The standard InChI is InChI=1S/C35H36Cl2N8O4/c1-48-34-27(13-38-12-20-9-10-30(46)41-20)39-14-25(43-34)23-7-3-5-21(32(23)36)22-6-4-8-24(33(22)37)26-15-40-29(35(44-26)49-2)18-45-16-19-11-31(47)42-28(19)17-45/h3-8,14-15,19-20,28,38H,9-13,16-18H2,1-2H3,(H,41,46)(H,42,47). The van der Waals surface area contributed by atoms with Crippen molar-refractivity contribution in [2.45, 2.75) is 44.4 Å². The number of methoxy groups -OCH3 is 2. The minimum absolute atomic E-state index is 0.0815. The first-order valence-electron chi connectivity index (χ1n) is 16.2. The molecule has 254 valence electrons. The molecule has 3 atom stereocenters. The number of nitrogens with zero attached hydrogens (tertiary/aromatic N) is 5. The number of hydrogen-bond donors (Lipinski definition) is 3. The van der Waals surface area contributed by atoms with Gasteiger partial charge in [-0.2, -0.15) is 0 Å². The van der Waals surface area contributed by atoms with Crippen molar-refractivity contribution in [3.05, 3.63) is 70.2 Å². The van der Waals surface area contributed by atoms with E-state index in [1.165, 1.54) is 0 Å². The Balaban J connectivity index is 1.10. The molecule has 0 saturated carbocycles. The highest BCUT2D eigenvalue weighted by atomic mass is 35.5. The Morgan fingerprint density at radius 3 is 2.04 bits per heavy atom. The highest BCUT2D eigenvalue weighted by molar-refractivity contribution is 6.39. The van der Waals surface area contributed by atoms with Crippen LogP contribution in [0.3, 0.4) is 0 Å². The van der Waals surface area contributed by atoms with E-state index in [4.69, 9.17) is 47.6 Å². The number of amides is 2. The molecule has 2 aromatic carbocycles. The smallest absolute Gasteiger partial charge is 0.237 e. The van der Waals surface area contributed by atoms with Crippen molar-refractivity contribution in [2.75, 3.05) is 33.9 Å². The number of nitrogens with one attached hydrogen (secondary N) is 3. The summed E-state index contributed by atoms with van der Waals surface area (Å²) in [6.07, 6.45) is 5.32. The van der Waals surface area contributed by atoms with Crippen LogP contribution in [0.2, 0.25) is 10.0 Å². The zero-order valence-electron chi connectivity index (χ0n) is 27.1. The molecule has 0 spiro atoms. The van der Waals surface area contributed by atoms with Crippen LogP contribution in [0.5, 0.6) is 11.8 Å². The van der Waals surface area contributed by atoms with Crippen molar-refractivity contribution >= 4 is 35.0 Å². The lowest BCUT2D eigenvalue weighted by atomic mass is 9.98. The van der Waals surface area contributed by atoms with Gasteiger partial charge in [0, 0.05) is 85.8 Å². The van der Waals surface area contributed by atoms with E-state index in [0.717, 1.165) is 36.3 Å². The molecular weight excluding hydrogens is 667 g/mol. The van der Waals surface area contributed by atoms with Gasteiger partial charge in [0.25, 0.3) is 0 Å². The summed E-state index contributed by atoms with van der Waals surface area (Å²) in [6.45, 7) is 3.24. The summed E-state index contributed by atoms with van der Waals surface area (Å²) < 4.78 is 11.2. The van der Waals surface area contributed by atoms with Gasteiger partial charge in [0.2, 0.25) is 23.6 Å². The van der Waals surface area contributed by atoms with Crippen molar-refractivity contribution in [1.82, 2.24) is 40.8 Å². The Labute approximate surface area is 294 Å². The van der Waals surface area contributed by atoms with E-state index in [1.54, 1.807) is 26.6 Å². The van der Waals surface area contributed by atoms with E-state index in [9.17, 15) is 9.59 Å². The second-order valence-corrected chi connectivity index (χ2v) is 13.3. The molecule has 0 bridgehead atoms. The number of aromatic nitrogens is 4. The van der Waals surface area contributed by atoms with Crippen molar-refractivity contribution in [3.63, 3.8) is 0 Å². The fraction of sp³-hybridized carbons (Fsp3) is 0.371. The Morgan fingerprint density at radius 2 is 1.45 bits per heavy atom. The van der Waals surface area contributed by atoms with Crippen LogP contribution in [0.25, 0.3) is 33.6 Å². The lowest BCUT2D eigenvalue weighted by Gasteiger charge is -2.18. The van der Waals surface area contributed by atoms with E-state index in [2.05, 4.69) is 25.8 Å². The van der Waals surface area contributed by atoms with E-state index < -0.39 is 0 Å². The van der Waals surface area contributed by atoms with Crippen LogP contribution >= 0.6 is 23.2 Å². The fourth-order valence-corrected chi connectivity index (χ4v) is 7.51. The third kappa shape index (κ3) is 6.91. The van der Waals surface area contributed by atoms with E-state index >= 15 is 0 Å². The summed E-state index contributed by atoms with van der Waals surface area (Å²) in [5.41, 5.74) is 5.31. The molecule has 2 amide bonds. The number of ether oxygens (including phenoxy) is 2. The van der Waals surface area contributed by atoms with Gasteiger partial charge in [-0.05, 0) is 6.42 Å². The monoisotopic (exact) mass is 702 g/mol. The summed E-state index contributed by atoms with van der Waals surface area (Å²) in [5, 5.41) is 10.3. The van der Waals surface area contributed by atoms with Gasteiger partial charge in [0.05, 0.1) is 48.0 Å². The van der Waals surface area contributed by atoms with Crippen LogP contribution in [0, 0.1) is 5.92 Å². The lowest BCUT2D eigenvalue weighted by Crippen LogP contribution is -2.35. The normalized spacial score (nSPS) is 20.3. The second-order valence-electron chi connectivity index (χ2n) is 12.5. The van der Waals surface area contributed by atoms with Gasteiger partial charge < -0.3 is 25.4 Å². The van der Waals surface area contributed by atoms with Crippen molar-refractivity contribution in [2.24, 2.45) is 5.92 Å². The van der Waals surface area contributed by atoms with Gasteiger partial charge >= 0.3 is 0 Å². The lowest BCUT2D eigenvalue weighted by molar-refractivity contribution is -0.120. The Morgan fingerprint density at radius 1 is 0.837 bits per heavy atom. The maximum atomic E-state index is 11.7. The average molecular weight is 704 g/mol. The van der Waals surface area contributed by atoms with Crippen molar-refractivity contribution in [3.8, 4) is 45.4 Å². The molecule has 14 heteroatoms. The number of benzene rings is 2. The van der Waals surface area contributed by atoms with Gasteiger partial charge in [-0.1, -0.05) is 59.6 Å². The molecular formula is C35H36Cl2N8O4. The summed E-state index contributed by atoms with van der Waals surface area (Å²) in [4.78, 5) is 44.4. The first-order valence-corrected chi connectivity index (χ1v) is 17.0. The molecule has 3 unspecified atom stereocenters. The minimum atomic E-state index is 0.0815. The highest BCUT2D eigenvalue weighted by Crippen LogP contribution is 2.42. The van der Waals surface area contributed by atoms with Gasteiger partial charge in [-0.3, -0.25) is 24.5 Å². The van der Waals surface area contributed by atoms with Crippen LogP contribution in [0.4, 0.5) is 0 Å². The predicted octanol–water partition coefficient (Wildman–Crippen LogP) is 4.28. The summed E-state index contributed by atoms with van der Waals surface area (Å²) in [5.74, 6) is 1.35. The number of fused-ring (bicyclic) bond motifs is 1. The van der Waals surface area contributed by atoms with E-state index in [1.807, 2.05) is 36.4 Å². The molecule has 3 N–H and O–H groups in total.